The van der Waals surface area contributed by atoms with Crippen LogP contribution in [0.5, 0.6) is 23.0 Å². The quantitative estimate of drug-likeness (QED) is 0.0592. The highest BCUT2D eigenvalue weighted by Crippen LogP contribution is 2.46. The molecule has 1 atom stereocenters. The lowest BCUT2D eigenvalue weighted by atomic mass is 9.95. The Balaban J connectivity index is 1.42. The summed E-state index contributed by atoms with van der Waals surface area (Å²) in [5.74, 6) is 0.261. The predicted molar refractivity (Wildman–Crippen MR) is 177 cm³/mol. The van der Waals surface area contributed by atoms with E-state index in [0.717, 1.165) is 16.9 Å². The van der Waals surface area contributed by atoms with Crippen molar-refractivity contribution in [3.63, 3.8) is 0 Å². The van der Waals surface area contributed by atoms with E-state index in [-0.39, 0.29) is 22.0 Å². The van der Waals surface area contributed by atoms with Crippen molar-refractivity contribution in [3.8, 4) is 23.0 Å². The molecule has 1 aromatic heterocycles. The van der Waals surface area contributed by atoms with Crippen molar-refractivity contribution in [2.45, 2.75) is 30.0 Å². The number of fused-ring (bicyclic) bond motifs is 1. The zero-order valence-electron chi connectivity index (χ0n) is 24.6. The molecule has 0 bridgehead atoms. The number of aliphatic hydroxyl groups is 1. The Morgan fingerprint density at radius 2 is 1.74 bits per heavy atom. The number of aliphatic hydroxyl groups excluding tert-OH is 1. The number of hydrogen-bond acceptors (Lipinski definition) is 11. The zero-order chi connectivity index (χ0) is 32.4. The van der Waals surface area contributed by atoms with Crippen LogP contribution in [0.4, 0.5) is 5.13 Å². The molecule has 2 aliphatic heterocycles. The molecule has 46 heavy (non-hydrogen) atoms. The van der Waals surface area contributed by atoms with Crippen LogP contribution in [-0.4, -0.2) is 53.4 Å². The lowest BCUT2D eigenvalue weighted by molar-refractivity contribution is -0.132. The van der Waals surface area contributed by atoms with Gasteiger partial charge < -0.3 is 24.1 Å². The molecule has 1 amide bonds. The number of ether oxygens (including phenoxy) is 4. The van der Waals surface area contributed by atoms with Crippen LogP contribution >= 0.6 is 46.3 Å². The molecule has 6 rings (SSSR count). The Morgan fingerprint density at radius 1 is 0.978 bits per heavy atom. The van der Waals surface area contributed by atoms with Crippen molar-refractivity contribution < 1.29 is 33.6 Å². The number of aromatic nitrogens is 2. The lowest BCUT2D eigenvalue weighted by Crippen LogP contribution is -2.29. The van der Waals surface area contributed by atoms with Gasteiger partial charge in [0.1, 0.15) is 19.0 Å². The number of benzene rings is 3. The first kappa shape index (κ1) is 32.0. The second-order valence-electron chi connectivity index (χ2n) is 9.97. The maximum atomic E-state index is 13.7. The Bertz CT molecular complexity index is 1850. The molecule has 4 aromatic rings. The average molecular weight is 701 g/mol. The minimum Gasteiger partial charge on any atom is -0.507 e. The van der Waals surface area contributed by atoms with Gasteiger partial charge in [0, 0.05) is 21.4 Å². The molecule has 3 heterocycles. The third-order valence-corrected chi connectivity index (χ3v) is 9.80. The largest absolute Gasteiger partial charge is 0.507 e. The van der Waals surface area contributed by atoms with Crippen molar-refractivity contribution >= 4 is 68.9 Å². The van der Waals surface area contributed by atoms with E-state index in [2.05, 4.69) is 10.2 Å². The molecule has 0 saturated carbocycles. The number of hydrogen-bond donors (Lipinski definition) is 1. The summed E-state index contributed by atoms with van der Waals surface area (Å²) in [6.45, 7) is 5.21. The van der Waals surface area contributed by atoms with Crippen LogP contribution in [0.15, 0.2) is 64.5 Å². The van der Waals surface area contributed by atoms with Gasteiger partial charge in [-0.1, -0.05) is 58.4 Å². The van der Waals surface area contributed by atoms with Gasteiger partial charge >= 0.3 is 5.91 Å². The van der Waals surface area contributed by atoms with E-state index in [0.29, 0.717) is 75.1 Å². The molecule has 238 valence electrons. The van der Waals surface area contributed by atoms with Gasteiger partial charge in [-0.2, -0.15) is 0 Å². The fraction of sp³-hybridized carbons (Fsp3) is 0.250. The molecule has 14 heteroatoms. The first-order chi connectivity index (χ1) is 22.3. The van der Waals surface area contributed by atoms with E-state index in [4.69, 9.17) is 42.1 Å². The van der Waals surface area contributed by atoms with E-state index in [9.17, 15) is 14.7 Å². The molecule has 1 fully saturated rings. The molecule has 0 radical (unpaired) electrons. The number of amides is 1. The fourth-order valence-corrected chi connectivity index (χ4v) is 7.49. The first-order valence-electron chi connectivity index (χ1n) is 14.3. The van der Waals surface area contributed by atoms with E-state index in [1.54, 1.807) is 48.5 Å². The van der Waals surface area contributed by atoms with Crippen molar-refractivity contribution in [3.05, 3.63) is 86.9 Å². The van der Waals surface area contributed by atoms with Gasteiger partial charge in [-0.05, 0) is 67.4 Å². The molecule has 1 unspecified atom stereocenters. The van der Waals surface area contributed by atoms with Crippen LogP contribution in [0.1, 0.15) is 36.6 Å². The van der Waals surface area contributed by atoms with E-state index >= 15 is 0 Å². The SMILES string of the molecule is CCOc1ccc(C2/C(=C(\O)c3ccc4c(c3)OCCO4)C(=O)C(=O)N2c2nnc(SCc3ccc(Cl)cc3Cl)s2)cc1OCC. The van der Waals surface area contributed by atoms with Crippen molar-refractivity contribution in [1.82, 2.24) is 10.2 Å². The van der Waals surface area contributed by atoms with Crippen molar-refractivity contribution in [2.24, 2.45) is 0 Å². The van der Waals surface area contributed by atoms with Crippen LogP contribution in [0.3, 0.4) is 0 Å². The van der Waals surface area contributed by atoms with E-state index in [1.807, 2.05) is 19.9 Å². The third kappa shape index (κ3) is 6.35. The minimum atomic E-state index is -1.06. The zero-order valence-corrected chi connectivity index (χ0v) is 27.8. The van der Waals surface area contributed by atoms with Crippen LogP contribution in [-0.2, 0) is 15.3 Å². The van der Waals surface area contributed by atoms with Gasteiger partial charge in [-0.3, -0.25) is 14.5 Å². The second-order valence-corrected chi connectivity index (χ2v) is 13.0. The maximum absolute atomic E-state index is 13.7. The summed E-state index contributed by atoms with van der Waals surface area (Å²) in [6.07, 6.45) is 0. The number of ketones is 1. The molecular weight excluding hydrogens is 673 g/mol. The van der Waals surface area contributed by atoms with Gasteiger partial charge in [0.05, 0.1) is 24.8 Å². The van der Waals surface area contributed by atoms with Crippen LogP contribution < -0.4 is 23.8 Å². The molecule has 10 nitrogen and oxygen atoms in total. The van der Waals surface area contributed by atoms with Crippen molar-refractivity contribution in [1.29, 1.82) is 0 Å². The van der Waals surface area contributed by atoms with Crippen LogP contribution in [0, 0.1) is 0 Å². The molecular formula is C32H27Cl2N3O7S2. The van der Waals surface area contributed by atoms with Crippen molar-refractivity contribution in [2.75, 3.05) is 31.3 Å². The molecule has 3 aromatic carbocycles. The number of halogens is 2. The highest BCUT2D eigenvalue weighted by atomic mass is 35.5. The number of Topliss-reactive ketones (excluding diaryl/α,β-unsaturated/α-hetero) is 1. The predicted octanol–water partition coefficient (Wildman–Crippen LogP) is 7.33. The summed E-state index contributed by atoms with van der Waals surface area (Å²) in [4.78, 5) is 28.7. The number of carbonyl (C=O) groups excluding carboxylic acids is 2. The fourth-order valence-electron chi connectivity index (χ4n) is 5.07. The summed E-state index contributed by atoms with van der Waals surface area (Å²) >= 11 is 14.9. The smallest absolute Gasteiger partial charge is 0.301 e. The van der Waals surface area contributed by atoms with E-state index in [1.165, 1.54) is 16.7 Å². The van der Waals surface area contributed by atoms with Gasteiger partial charge in [-0.15, -0.1) is 10.2 Å². The number of carbonyl (C=O) groups is 2. The highest BCUT2D eigenvalue weighted by Gasteiger charge is 2.48. The van der Waals surface area contributed by atoms with Crippen LogP contribution in [0.25, 0.3) is 5.76 Å². The molecule has 0 aliphatic carbocycles. The monoisotopic (exact) mass is 699 g/mol. The molecule has 2 aliphatic rings. The van der Waals surface area contributed by atoms with Gasteiger partial charge in [0.2, 0.25) is 5.13 Å². The molecule has 1 saturated heterocycles. The summed E-state index contributed by atoms with van der Waals surface area (Å²) in [5, 5.41) is 21.5. The summed E-state index contributed by atoms with van der Waals surface area (Å²) in [5.41, 5.74) is 1.52. The molecule has 0 spiro atoms. The Kier molecular flexibility index (Phi) is 9.60. The normalized spacial score (nSPS) is 17.0. The highest BCUT2D eigenvalue weighted by molar-refractivity contribution is 8.00. The molecule has 1 N–H and O–H groups in total. The Hall–Kier alpha value is -3.97. The second kappa shape index (κ2) is 13.8. The maximum Gasteiger partial charge on any atom is 0.301 e. The summed E-state index contributed by atoms with van der Waals surface area (Å²) in [7, 11) is 0. The number of nitrogens with zero attached hydrogens (tertiary/aromatic N) is 3. The third-order valence-electron chi connectivity index (χ3n) is 7.11. The summed E-state index contributed by atoms with van der Waals surface area (Å²) < 4.78 is 23.4. The number of anilines is 1. The van der Waals surface area contributed by atoms with Gasteiger partial charge in [0.25, 0.3) is 5.78 Å². The van der Waals surface area contributed by atoms with Crippen LogP contribution in [0.2, 0.25) is 10.0 Å². The number of thioether (sulfide) groups is 1. The average Bonchev–Trinajstić information content (AvgIpc) is 3.62. The van der Waals surface area contributed by atoms with E-state index < -0.39 is 17.7 Å². The first-order valence-corrected chi connectivity index (χ1v) is 16.9. The standard InChI is InChI=1S/C32H27Cl2N3O7S2/c1-3-41-22-9-6-17(13-24(22)42-4-2)27-26(28(38)18-7-10-23-25(14-18)44-12-11-43-23)29(39)30(40)37(27)31-35-36-32(46-31)45-16-19-5-8-20(33)15-21(19)34/h5-10,13-15,27,38H,3-4,11-12,16H2,1-2H3/b28-26+. The number of rotatable bonds is 10. The lowest BCUT2D eigenvalue weighted by Gasteiger charge is -2.24. The Morgan fingerprint density at radius 3 is 2.50 bits per heavy atom. The van der Waals surface area contributed by atoms with Gasteiger partial charge in [-0.25, -0.2) is 0 Å². The minimum absolute atomic E-state index is 0.120. The Labute approximate surface area is 282 Å². The topological polar surface area (TPSA) is 120 Å². The summed E-state index contributed by atoms with van der Waals surface area (Å²) in [6, 6.07) is 14.2. The van der Waals surface area contributed by atoms with Gasteiger partial charge in [0.15, 0.2) is 27.3 Å².